The molecule has 3 amide bonds. The van der Waals surface area contributed by atoms with Crippen LogP contribution in [0.5, 0.6) is 11.5 Å². The molecule has 0 saturated heterocycles. The summed E-state index contributed by atoms with van der Waals surface area (Å²) in [5.41, 5.74) is 0.493. The van der Waals surface area contributed by atoms with Crippen LogP contribution in [-0.4, -0.2) is 45.7 Å². The van der Waals surface area contributed by atoms with Crippen LogP contribution < -0.4 is 20.1 Å². The topological polar surface area (TPSA) is 121 Å². The van der Waals surface area contributed by atoms with E-state index in [0.29, 0.717) is 42.1 Å². The Kier molecular flexibility index (Phi) is 6.64. The van der Waals surface area contributed by atoms with E-state index in [1.54, 1.807) is 24.5 Å². The molecule has 0 radical (unpaired) electrons. The van der Waals surface area contributed by atoms with E-state index in [2.05, 4.69) is 20.8 Å². The zero-order chi connectivity index (χ0) is 22.5. The number of hydrogen-bond donors (Lipinski definition) is 2. The van der Waals surface area contributed by atoms with Crippen molar-refractivity contribution in [1.29, 1.82) is 0 Å². The second kappa shape index (κ2) is 9.77. The average molecular weight is 458 g/mol. The van der Waals surface area contributed by atoms with E-state index in [-0.39, 0.29) is 11.7 Å². The fourth-order valence-corrected chi connectivity index (χ4v) is 3.86. The molecule has 3 heterocycles. The van der Waals surface area contributed by atoms with Crippen molar-refractivity contribution < 1.29 is 23.5 Å². The van der Waals surface area contributed by atoms with Gasteiger partial charge in [-0.2, -0.15) is 0 Å². The van der Waals surface area contributed by atoms with Crippen LogP contribution in [0.1, 0.15) is 31.4 Å². The lowest BCUT2D eigenvalue weighted by Crippen LogP contribution is -2.35. The van der Waals surface area contributed by atoms with Gasteiger partial charge in [-0.15, -0.1) is 10.2 Å². The van der Waals surface area contributed by atoms with Crippen molar-refractivity contribution in [2.24, 2.45) is 0 Å². The molecule has 0 bridgehead atoms. The molecule has 0 atom stereocenters. The molecule has 10 nitrogen and oxygen atoms in total. The van der Waals surface area contributed by atoms with Crippen molar-refractivity contribution in [3.8, 4) is 11.5 Å². The van der Waals surface area contributed by atoms with Crippen LogP contribution in [0.2, 0.25) is 0 Å². The molecule has 0 aliphatic carbocycles. The van der Waals surface area contributed by atoms with Crippen molar-refractivity contribution in [2.75, 3.05) is 24.3 Å². The maximum absolute atomic E-state index is 12.3. The van der Waals surface area contributed by atoms with Gasteiger partial charge >= 0.3 is 6.03 Å². The molecule has 32 heavy (non-hydrogen) atoms. The second-order valence-electron chi connectivity index (χ2n) is 7.31. The first-order valence-electron chi connectivity index (χ1n) is 10.1. The normalized spacial score (nSPS) is 12.6. The van der Waals surface area contributed by atoms with Crippen LogP contribution in [0.4, 0.5) is 10.5 Å². The number of nitrogens with zero attached hydrogens (tertiary/aromatic N) is 3. The molecule has 0 fully saturated rings. The van der Waals surface area contributed by atoms with Gasteiger partial charge in [0.15, 0.2) is 16.7 Å². The Morgan fingerprint density at radius 3 is 2.72 bits per heavy atom. The molecule has 1 aliphatic rings. The number of nitrogens with one attached hydrogen (secondary N) is 2. The Morgan fingerprint density at radius 1 is 1.16 bits per heavy atom. The van der Waals surface area contributed by atoms with E-state index in [0.717, 1.165) is 11.6 Å². The Balaban J connectivity index is 1.33. The molecule has 2 N–H and O–H groups in total. The first kappa shape index (κ1) is 21.8. The van der Waals surface area contributed by atoms with Crippen LogP contribution in [0.25, 0.3) is 0 Å². The number of benzene rings is 1. The number of urea groups is 1. The number of ether oxygens (including phenoxy) is 2. The van der Waals surface area contributed by atoms with Gasteiger partial charge in [-0.3, -0.25) is 14.7 Å². The van der Waals surface area contributed by atoms with Crippen molar-refractivity contribution in [3.05, 3.63) is 48.2 Å². The molecule has 3 aromatic rings. The second-order valence-corrected chi connectivity index (χ2v) is 8.25. The minimum Gasteiger partial charge on any atom is -0.486 e. The van der Waals surface area contributed by atoms with Gasteiger partial charge < -0.3 is 19.2 Å². The smallest absolute Gasteiger partial charge is 0.325 e. The van der Waals surface area contributed by atoms with Crippen LogP contribution in [0, 0.1) is 0 Å². The van der Waals surface area contributed by atoms with Gasteiger partial charge in [0.25, 0.3) is 0 Å². The van der Waals surface area contributed by atoms with Gasteiger partial charge in [-0.05, 0) is 24.3 Å². The molecule has 0 unspecified atom stereocenters. The largest absolute Gasteiger partial charge is 0.486 e. The summed E-state index contributed by atoms with van der Waals surface area (Å²) in [6, 6.07) is 8.09. The number of hydrogen-bond acceptors (Lipinski definition) is 8. The number of aromatic nitrogens is 3. The summed E-state index contributed by atoms with van der Waals surface area (Å²) in [5.74, 6) is 2.42. The van der Waals surface area contributed by atoms with E-state index < -0.39 is 11.9 Å². The zero-order valence-corrected chi connectivity index (χ0v) is 18.5. The van der Waals surface area contributed by atoms with Gasteiger partial charge in [-0.25, -0.2) is 4.79 Å². The summed E-state index contributed by atoms with van der Waals surface area (Å²) in [5, 5.41) is 14.0. The Hall–Kier alpha value is -3.47. The molecule has 0 saturated carbocycles. The minimum atomic E-state index is -0.632. The maximum atomic E-state index is 12.3. The number of thioether (sulfide) groups is 1. The highest BCUT2D eigenvalue weighted by Crippen LogP contribution is 2.32. The lowest BCUT2D eigenvalue weighted by molar-refractivity contribution is -0.117. The van der Waals surface area contributed by atoms with Crippen molar-refractivity contribution in [1.82, 2.24) is 20.1 Å². The number of fused-ring (bicyclic) bond motifs is 1. The van der Waals surface area contributed by atoms with Crippen molar-refractivity contribution in [3.63, 3.8) is 0 Å². The van der Waals surface area contributed by atoms with Gasteiger partial charge in [0.2, 0.25) is 5.91 Å². The summed E-state index contributed by atoms with van der Waals surface area (Å²) in [6.45, 7) is 5.43. The van der Waals surface area contributed by atoms with E-state index >= 15 is 0 Å². The maximum Gasteiger partial charge on any atom is 0.325 e. The molecule has 2 aromatic heterocycles. The molecular weight excluding hydrogens is 434 g/mol. The number of carbonyl (C=O) groups excluding carboxylic acids is 2. The van der Waals surface area contributed by atoms with Crippen LogP contribution in [0.15, 0.2) is 46.2 Å². The third-order valence-corrected chi connectivity index (χ3v) is 5.51. The van der Waals surface area contributed by atoms with Gasteiger partial charge in [0.05, 0.1) is 18.6 Å². The van der Waals surface area contributed by atoms with Gasteiger partial charge in [-0.1, -0.05) is 25.6 Å². The van der Waals surface area contributed by atoms with Crippen LogP contribution in [0.3, 0.4) is 0 Å². The Morgan fingerprint density at radius 2 is 1.97 bits per heavy atom. The summed E-state index contributed by atoms with van der Waals surface area (Å²) in [7, 11) is 0. The predicted octanol–water partition coefficient (Wildman–Crippen LogP) is 3.25. The number of amides is 3. The summed E-state index contributed by atoms with van der Waals surface area (Å²) in [6.07, 6.45) is 1.61. The standard InChI is InChI=1S/C21H23N5O5S/c1-13(2)19-24-25-21(26(19)11-15-4-3-7-29-15)32-12-18(27)23-20(28)22-14-5-6-16-17(10-14)31-9-8-30-16/h3-7,10,13H,8-9,11-12H2,1-2H3,(H2,22,23,27,28). The quantitative estimate of drug-likeness (QED) is 0.519. The van der Waals surface area contributed by atoms with Gasteiger partial charge in [0, 0.05) is 17.7 Å². The number of imide groups is 1. The first-order valence-corrected chi connectivity index (χ1v) is 11.1. The van der Waals surface area contributed by atoms with E-state index in [1.807, 2.05) is 30.5 Å². The fourth-order valence-electron chi connectivity index (χ4n) is 3.12. The summed E-state index contributed by atoms with van der Waals surface area (Å²) < 4.78 is 18.3. The Labute approximate surface area is 188 Å². The van der Waals surface area contributed by atoms with E-state index in [4.69, 9.17) is 13.9 Å². The number of carbonyl (C=O) groups is 2. The van der Waals surface area contributed by atoms with Gasteiger partial charge in [0.1, 0.15) is 24.8 Å². The third kappa shape index (κ3) is 5.22. The number of anilines is 1. The van der Waals surface area contributed by atoms with Crippen molar-refractivity contribution >= 4 is 29.4 Å². The Bertz CT molecular complexity index is 1100. The van der Waals surface area contributed by atoms with Crippen molar-refractivity contribution in [2.45, 2.75) is 31.5 Å². The lowest BCUT2D eigenvalue weighted by atomic mass is 10.2. The SMILES string of the molecule is CC(C)c1nnc(SCC(=O)NC(=O)Nc2ccc3c(c2)OCCO3)n1Cc1ccco1. The molecule has 168 valence electrons. The average Bonchev–Trinajstić information content (AvgIpc) is 3.42. The highest BCUT2D eigenvalue weighted by atomic mass is 32.2. The van der Waals surface area contributed by atoms with Crippen LogP contribution >= 0.6 is 11.8 Å². The zero-order valence-electron chi connectivity index (χ0n) is 17.7. The minimum absolute atomic E-state index is 0.00292. The molecule has 11 heteroatoms. The fraction of sp³-hybridized carbons (Fsp3) is 0.333. The summed E-state index contributed by atoms with van der Waals surface area (Å²) >= 11 is 1.20. The molecule has 1 aliphatic heterocycles. The first-order chi connectivity index (χ1) is 15.5. The van der Waals surface area contributed by atoms with Crippen LogP contribution in [-0.2, 0) is 11.3 Å². The lowest BCUT2D eigenvalue weighted by Gasteiger charge is -2.19. The molecule has 1 aromatic carbocycles. The third-order valence-electron chi connectivity index (χ3n) is 4.54. The highest BCUT2D eigenvalue weighted by Gasteiger charge is 2.19. The van der Waals surface area contributed by atoms with E-state index in [1.165, 1.54) is 11.8 Å². The number of furan rings is 1. The molecule has 4 rings (SSSR count). The summed E-state index contributed by atoms with van der Waals surface area (Å²) in [4.78, 5) is 24.5. The highest BCUT2D eigenvalue weighted by molar-refractivity contribution is 7.99. The monoisotopic (exact) mass is 457 g/mol. The predicted molar refractivity (Wildman–Crippen MR) is 117 cm³/mol. The van der Waals surface area contributed by atoms with E-state index in [9.17, 15) is 9.59 Å². The number of rotatable bonds is 7. The molecular formula is C21H23N5O5S. The molecule has 0 spiro atoms.